The van der Waals surface area contributed by atoms with Crippen LogP contribution in [-0.2, 0) is 34.7 Å². The van der Waals surface area contributed by atoms with E-state index < -0.39 is 29.6 Å². The van der Waals surface area contributed by atoms with Gasteiger partial charge < -0.3 is 33.9 Å². The van der Waals surface area contributed by atoms with Crippen molar-refractivity contribution < 1.29 is 54.8 Å². The van der Waals surface area contributed by atoms with Gasteiger partial charge in [-0.1, -0.05) is 54.6 Å². The monoisotopic (exact) mass is 798 g/mol. The Kier molecular flexibility index (Phi) is 15.6. The Hall–Kier alpha value is -5.89. The molecular formula is C43H44F6N2O6. The normalized spacial score (nSPS) is 11.8. The molecule has 0 unspecified atom stereocenters. The molecule has 0 aliphatic carbocycles. The molecule has 0 saturated carbocycles. The zero-order chi connectivity index (χ0) is 41.6. The predicted molar refractivity (Wildman–Crippen MR) is 206 cm³/mol. The van der Waals surface area contributed by atoms with Crippen LogP contribution in [0.4, 0.5) is 37.7 Å². The molecule has 5 aromatic rings. The molecule has 8 nitrogen and oxygen atoms in total. The fraction of sp³-hybridized carbons (Fsp3) is 0.279. The summed E-state index contributed by atoms with van der Waals surface area (Å²) < 4.78 is 103. The summed E-state index contributed by atoms with van der Waals surface area (Å²) >= 11 is 0. The largest absolute Gasteiger partial charge is 0.493 e. The van der Waals surface area contributed by atoms with Gasteiger partial charge in [-0.25, -0.2) is 0 Å². The van der Waals surface area contributed by atoms with Crippen molar-refractivity contribution in [1.82, 2.24) is 0 Å². The van der Waals surface area contributed by atoms with Gasteiger partial charge in [0.1, 0.15) is 0 Å². The number of carbonyl (C=O) groups excluding carboxylic acids is 1. The summed E-state index contributed by atoms with van der Waals surface area (Å²) in [4.78, 5) is 15.2. The molecule has 0 heterocycles. The number of methoxy groups -OCH3 is 5. The van der Waals surface area contributed by atoms with Crippen molar-refractivity contribution in [2.24, 2.45) is 0 Å². The van der Waals surface area contributed by atoms with E-state index in [0.717, 1.165) is 35.5 Å². The van der Waals surface area contributed by atoms with Crippen LogP contribution < -0.4 is 29.2 Å². The molecule has 1 atom stereocenters. The number of hydrogen-bond acceptors (Lipinski definition) is 7. The topological polar surface area (TPSA) is 78.5 Å². The first-order chi connectivity index (χ1) is 27.2. The highest BCUT2D eigenvalue weighted by Gasteiger charge is 2.31. The summed E-state index contributed by atoms with van der Waals surface area (Å²) in [6.07, 6.45) is -8.60. The number of carbonyl (C=O) groups is 1. The molecule has 0 radical (unpaired) electrons. The first-order valence-corrected chi connectivity index (χ1v) is 17.6. The van der Waals surface area contributed by atoms with Gasteiger partial charge in [0.25, 0.3) is 5.91 Å². The van der Waals surface area contributed by atoms with Crippen LogP contribution >= 0.6 is 0 Å². The van der Waals surface area contributed by atoms with E-state index in [1.54, 1.807) is 55.5 Å². The molecule has 57 heavy (non-hydrogen) atoms. The van der Waals surface area contributed by atoms with Crippen molar-refractivity contribution in [1.29, 1.82) is 0 Å². The summed E-state index contributed by atoms with van der Waals surface area (Å²) in [5.41, 5.74) is 2.25. The van der Waals surface area contributed by atoms with Gasteiger partial charge in [0.05, 0.1) is 39.6 Å². The van der Waals surface area contributed by atoms with Crippen LogP contribution in [-0.4, -0.2) is 54.5 Å². The smallest absolute Gasteiger partial charge is 0.416 e. The SMILES string of the molecule is COc1ccc(N(CCc2ccc(C(F)(F)F)cc2)C(=O)[C@@H](OC)c2ccccc2)cc1OC.COc1ccc(NCCc2ccc(C(F)(F)F)cc2)cc1OC. The molecule has 304 valence electrons. The third-order valence-corrected chi connectivity index (χ3v) is 8.82. The van der Waals surface area contributed by atoms with E-state index in [2.05, 4.69) is 5.32 Å². The van der Waals surface area contributed by atoms with Crippen molar-refractivity contribution in [2.45, 2.75) is 31.3 Å². The second kappa shape index (κ2) is 20.3. The average Bonchev–Trinajstić information content (AvgIpc) is 3.21. The van der Waals surface area contributed by atoms with E-state index in [1.807, 2.05) is 30.3 Å². The molecular weight excluding hydrogens is 754 g/mol. The fourth-order valence-electron chi connectivity index (χ4n) is 5.77. The molecule has 0 fully saturated rings. The first kappa shape index (κ1) is 43.8. The lowest BCUT2D eigenvalue weighted by molar-refractivity contribution is -0.138. The van der Waals surface area contributed by atoms with E-state index in [1.165, 1.54) is 45.6 Å². The lowest BCUT2D eigenvalue weighted by Gasteiger charge is -2.28. The first-order valence-electron chi connectivity index (χ1n) is 17.6. The minimum atomic E-state index is -4.40. The number of alkyl halides is 6. The highest BCUT2D eigenvalue weighted by Crippen LogP contribution is 2.34. The average molecular weight is 799 g/mol. The van der Waals surface area contributed by atoms with Crippen LogP contribution in [0.2, 0.25) is 0 Å². The molecule has 1 N–H and O–H groups in total. The lowest BCUT2D eigenvalue weighted by Crippen LogP contribution is -2.37. The van der Waals surface area contributed by atoms with Crippen molar-refractivity contribution in [3.8, 4) is 23.0 Å². The van der Waals surface area contributed by atoms with Crippen LogP contribution in [0.15, 0.2) is 115 Å². The van der Waals surface area contributed by atoms with Gasteiger partial charge in [0.2, 0.25) is 0 Å². The van der Waals surface area contributed by atoms with Gasteiger partial charge in [-0.05, 0) is 78.1 Å². The molecule has 0 spiro atoms. The Morgan fingerprint density at radius 1 is 0.596 bits per heavy atom. The number of amides is 1. The van der Waals surface area contributed by atoms with Crippen molar-refractivity contribution in [3.63, 3.8) is 0 Å². The summed E-state index contributed by atoms with van der Waals surface area (Å²) in [6.45, 7) is 0.813. The fourth-order valence-corrected chi connectivity index (χ4v) is 5.77. The standard InChI is InChI=1S/C26H26F3NO4.C17H18F3NO2/c1-32-22-14-13-21(17-23(22)33-2)30(25(31)24(34-3)19-7-5-4-6-8-19)16-15-18-9-11-20(12-10-18)26(27,28)29;1-22-15-8-7-14(11-16(15)23-2)21-10-9-12-3-5-13(6-4-12)17(18,19)20/h4-14,17,24H,15-16H2,1-3H3;3-8,11,21H,9-10H2,1-2H3/t24-;/m0./s1. The number of benzene rings is 5. The number of ether oxygens (including phenoxy) is 5. The quantitative estimate of drug-likeness (QED) is 0.106. The summed E-state index contributed by atoms with van der Waals surface area (Å²) in [7, 11) is 7.59. The van der Waals surface area contributed by atoms with Gasteiger partial charge in [0.15, 0.2) is 29.1 Å². The maximum atomic E-state index is 13.6. The minimum absolute atomic E-state index is 0.215. The van der Waals surface area contributed by atoms with Crippen LogP contribution in [0, 0.1) is 0 Å². The summed E-state index contributed by atoms with van der Waals surface area (Å²) in [5, 5.41) is 3.21. The van der Waals surface area contributed by atoms with Gasteiger partial charge in [-0.2, -0.15) is 26.3 Å². The maximum Gasteiger partial charge on any atom is 0.416 e. The molecule has 14 heteroatoms. The zero-order valence-electron chi connectivity index (χ0n) is 32.0. The van der Waals surface area contributed by atoms with E-state index >= 15 is 0 Å². The Morgan fingerprint density at radius 3 is 1.58 bits per heavy atom. The van der Waals surface area contributed by atoms with Gasteiger partial charge in [-0.15, -0.1) is 0 Å². The molecule has 0 aliphatic heterocycles. The molecule has 0 aliphatic rings. The summed E-state index contributed by atoms with van der Waals surface area (Å²) in [6, 6.07) is 29.8. The molecule has 1 amide bonds. The Morgan fingerprint density at radius 2 is 1.09 bits per heavy atom. The maximum absolute atomic E-state index is 13.6. The Balaban J connectivity index is 0.000000273. The van der Waals surface area contributed by atoms with Crippen LogP contribution in [0.3, 0.4) is 0 Å². The third-order valence-electron chi connectivity index (χ3n) is 8.82. The van der Waals surface area contributed by atoms with Crippen molar-refractivity contribution in [2.75, 3.05) is 58.9 Å². The molecule has 5 rings (SSSR count). The number of halogens is 6. The molecule has 0 bridgehead atoms. The Bertz CT molecular complexity index is 2010. The lowest BCUT2D eigenvalue weighted by atomic mass is 10.1. The highest BCUT2D eigenvalue weighted by molar-refractivity contribution is 5.97. The number of nitrogens with zero attached hydrogens (tertiary/aromatic N) is 1. The number of nitrogens with one attached hydrogen (secondary N) is 1. The van der Waals surface area contributed by atoms with E-state index in [-0.39, 0.29) is 12.5 Å². The molecule has 5 aromatic carbocycles. The van der Waals surface area contributed by atoms with E-state index in [0.29, 0.717) is 59.2 Å². The van der Waals surface area contributed by atoms with Crippen LogP contribution in [0.1, 0.15) is 33.9 Å². The highest BCUT2D eigenvalue weighted by atomic mass is 19.4. The van der Waals surface area contributed by atoms with Gasteiger partial charge in [0, 0.05) is 43.7 Å². The summed E-state index contributed by atoms with van der Waals surface area (Å²) in [5.74, 6) is 1.90. The van der Waals surface area contributed by atoms with E-state index in [9.17, 15) is 31.1 Å². The third kappa shape index (κ3) is 12.3. The number of anilines is 2. The minimum Gasteiger partial charge on any atom is -0.493 e. The second-order valence-electron chi connectivity index (χ2n) is 12.4. The van der Waals surface area contributed by atoms with Crippen LogP contribution in [0.5, 0.6) is 23.0 Å². The second-order valence-corrected chi connectivity index (χ2v) is 12.4. The number of rotatable bonds is 15. The zero-order valence-corrected chi connectivity index (χ0v) is 32.0. The molecule has 0 saturated heterocycles. The van der Waals surface area contributed by atoms with Crippen molar-refractivity contribution in [3.05, 3.63) is 143 Å². The predicted octanol–water partition coefficient (Wildman–Crippen LogP) is 10.1. The molecule has 0 aromatic heterocycles. The Labute approximate surface area is 327 Å². The van der Waals surface area contributed by atoms with Crippen molar-refractivity contribution >= 4 is 17.3 Å². The van der Waals surface area contributed by atoms with Gasteiger partial charge >= 0.3 is 12.4 Å². The number of hydrogen-bond donors (Lipinski definition) is 1. The van der Waals surface area contributed by atoms with Gasteiger partial charge in [-0.3, -0.25) is 4.79 Å². The van der Waals surface area contributed by atoms with Crippen LogP contribution in [0.25, 0.3) is 0 Å². The van der Waals surface area contributed by atoms with E-state index in [4.69, 9.17) is 23.7 Å².